The molecule has 10 heteroatoms. The maximum Gasteiger partial charge on any atom is 0.308 e. The van der Waals surface area contributed by atoms with Crippen molar-refractivity contribution in [1.29, 1.82) is 0 Å². The van der Waals surface area contributed by atoms with E-state index in [1.807, 2.05) is 0 Å². The van der Waals surface area contributed by atoms with Gasteiger partial charge in [0.1, 0.15) is 16.5 Å². The van der Waals surface area contributed by atoms with E-state index in [0.29, 0.717) is 10.2 Å². The number of aromatic nitrogens is 2. The second-order valence-electron chi connectivity index (χ2n) is 5.88. The summed E-state index contributed by atoms with van der Waals surface area (Å²) in [5.74, 6) is -3.07. The molecule has 1 amide bonds. The minimum absolute atomic E-state index is 0.0311. The second kappa shape index (κ2) is 8.26. The van der Waals surface area contributed by atoms with Crippen molar-refractivity contribution < 1.29 is 23.1 Å². The highest BCUT2D eigenvalue weighted by atomic mass is 32.1. The molecule has 1 unspecified atom stereocenters. The van der Waals surface area contributed by atoms with Gasteiger partial charge in [-0.25, -0.2) is 13.8 Å². The van der Waals surface area contributed by atoms with Crippen LogP contribution >= 0.6 is 11.3 Å². The molecule has 0 aliphatic carbocycles. The molecule has 0 bridgehead atoms. The third-order valence-corrected chi connectivity index (χ3v) is 4.69. The number of esters is 1. The summed E-state index contributed by atoms with van der Waals surface area (Å²) in [7, 11) is 0. The molecule has 0 aliphatic heterocycles. The molecule has 0 saturated carbocycles. The largest absolute Gasteiger partial charge is 0.452 e. The fourth-order valence-electron chi connectivity index (χ4n) is 2.40. The van der Waals surface area contributed by atoms with Crippen LogP contribution in [0.3, 0.4) is 0 Å². The zero-order valence-electron chi connectivity index (χ0n) is 14.6. The van der Waals surface area contributed by atoms with Crippen LogP contribution in [-0.4, -0.2) is 27.5 Å². The average Bonchev–Trinajstić information content (AvgIpc) is 3.13. The molecule has 0 saturated heterocycles. The second-order valence-corrected chi connectivity index (χ2v) is 6.77. The summed E-state index contributed by atoms with van der Waals surface area (Å²) in [5, 5.41) is 4.37. The quantitative estimate of drug-likeness (QED) is 0.635. The maximum atomic E-state index is 13.6. The van der Waals surface area contributed by atoms with Gasteiger partial charge in [-0.1, -0.05) is 0 Å². The highest BCUT2D eigenvalue weighted by Crippen LogP contribution is 2.16. The van der Waals surface area contributed by atoms with Crippen LogP contribution in [0.1, 0.15) is 13.3 Å². The summed E-state index contributed by atoms with van der Waals surface area (Å²) < 4.78 is 33.0. The molecular formula is C18H15F2N3O4S. The van der Waals surface area contributed by atoms with E-state index in [0.717, 1.165) is 18.2 Å². The van der Waals surface area contributed by atoms with Crippen LogP contribution < -0.4 is 10.9 Å². The minimum Gasteiger partial charge on any atom is -0.452 e. The number of hydrogen-bond acceptors (Lipinski definition) is 6. The first-order valence-corrected chi connectivity index (χ1v) is 9.11. The number of hydrogen-bond donors (Lipinski definition) is 1. The van der Waals surface area contributed by atoms with Gasteiger partial charge >= 0.3 is 5.97 Å². The van der Waals surface area contributed by atoms with Crippen LogP contribution in [0.4, 0.5) is 14.5 Å². The summed E-state index contributed by atoms with van der Waals surface area (Å²) >= 11 is 1.34. The number of carbonyl (C=O) groups is 2. The Balaban J connectivity index is 1.56. The van der Waals surface area contributed by atoms with Gasteiger partial charge in [-0.3, -0.25) is 19.0 Å². The highest BCUT2D eigenvalue weighted by molar-refractivity contribution is 7.16. The van der Waals surface area contributed by atoms with Crippen LogP contribution in [0.2, 0.25) is 0 Å². The van der Waals surface area contributed by atoms with E-state index in [2.05, 4.69) is 10.3 Å². The van der Waals surface area contributed by atoms with Crippen molar-refractivity contribution in [2.45, 2.75) is 26.0 Å². The van der Waals surface area contributed by atoms with Crippen molar-refractivity contribution in [1.82, 2.24) is 9.55 Å². The van der Waals surface area contributed by atoms with Gasteiger partial charge in [0.05, 0.1) is 23.8 Å². The van der Waals surface area contributed by atoms with Crippen molar-refractivity contribution >= 4 is 39.1 Å². The predicted molar refractivity (Wildman–Crippen MR) is 99.0 cm³/mol. The van der Waals surface area contributed by atoms with E-state index in [-0.39, 0.29) is 24.2 Å². The molecule has 2 heterocycles. The van der Waals surface area contributed by atoms with Crippen molar-refractivity contribution in [3.63, 3.8) is 0 Å². The van der Waals surface area contributed by atoms with Crippen molar-refractivity contribution in [3.05, 3.63) is 58.0 Å². The number of thiophene rings is 1. The van der Waals surface area contributed by atoms with Gasteiger partial charge in [0.15, 0.2) is 6.10 Å². The molecule has 0 spiro atoms. The molecule has 1 aromatic carbocycles. The normalized spacial score (nSPS) is 12.0. The number of amides is 1. The molecule has 1 N–H and O–H groups in total. The number of aryl methyl sites for hydroxylation is 1. The lowest BCUT2D eigenvalue weighted by Crippen LogP contribution is -2.31. The fourth-order valence-corrected chi connectivity index (χ4v) is 3.12. The van der Waals surface area contributed by atoms with E-state index in [1.54, 1.807) is 11.4 Å². The van der Waals surface area contributed by atoms with E-state index in [9.17, 15) is 23.2 Å². The Hall–Kier alpha value is -3.14. The van der Waals surface area contributed by atoms with Gasteiger partial charge in [-0.2, -0.15) is 0 Å². The predicted octanol–water partition coefficient (Wildman–Crippen LogP) is 2.70. The number of halogens is 2. The summed E-state index contributed by atoms with van der Waals surface area (Å²) in [4.78, 5) is 41.0. The van der Waals surface area contributed by atoms with Crippen molar-refractivity contribution in [2.75, 3.05) is 5.32 Å². The lowest BCUT2D eigenvalue weighted by Gasteiger charge is -2.14. The SMILES string of the molecule is CC(OC(=O)CCn1cnc2sccc2c1=O)C(=O)Nc1cc(F)ccc1F. The molecule has 146 valence electrons. The number of benzene rings is 1. The molecular weight excluding hydrogens is 392 g/mol. The van der Waals surface area contributed by atoms with E-state index >= 15 is 0 Å². The molecule has 1 atom stereocenters. The van der Waals surface area contributed by atoms with Gasteiger partial charge < -0.3 is 10.1 Å². The van der Waals surface area contributed by atoms with Gasteiger partial charge in [0.2, 0.25) is 0 Å². The first kappa shape index (κ1) is 19.6. The topological polar surface area (TPSA) is 90.3 Å². The minimum atomic E-state index is -1.23. The standard InChI is InChI=1S/C18H15F2N3O4S/c1-10(16(25)22-14-8-11(19)2-3-13(14)20)27-15(24)4-6-23-9-21-17-12(18(23)26)5-7-28-17/h2-3,5,7-10H,4,6H2,1H3,(H,22,25). The number of carbonyl (C=O) groups excluding carboxylic acids is 2. The van der Waals surface area contributed by atoms with Crippen LogP contribution in [0.15, 0.2) is 40.8 Å². The van der Waals surface area contributed by atoms with E-state index < -0.39 is 29.6 Å². The molecule has 3 aromatic rings. The summed E-state index contributed by atoms with van der Waals surface area (Å²) in [6, 6.07) is 4.26. The fraction of sp³-hybridized carbons (Fsp3) is 0.222. The van der Waals surface area contributed by atoms with Crippen molar-refractivity contribution in [2.24, 2.45) is 0 Å². The summed E-state index contributed by atoms with van der Waals surface area (Å²) in [5.41, 5.74) is -0.624. The van der Waals surface area contributed by atoms with Gasteiger partial charge in [-0.05, 0) is 30.5 Å². The third kappa shape index (κ3) is 4.39. The summed E-state index contributed by atoms with van der Waals surface area (Å²) in [6.07, 6.45) is -0.0510. The zero-order chi connectivity index (χ0) is 20.3. The molecule has 2 aromatic heterocycles. The Morgan fingerprint density at radius 1 is 1.32 bits per heavy atom. The first-order valence-electron chi connectivity index (χ1n) is 8.23. The number of anilines is 1. The number of nitrogens with zero attached hydrogens (tertiary/aromatic N) is 2. The Kier molecular flexibility index (Phi) is 5.78. The smallest absolute Gasteiger partial charge is 0.308 e. The van der Waals surface area contributed by atoms with Crippen LogP contribution in [-0.2, 0) is 20.9 Å². The molecule has 0 aliphatic rings. The van der Waals surface area contributed by atoms with Gasteiger partial charge in [0.25, 0.3) is 11.5 Å². The Labute approximate surface area is 161 Å². The Bertz CT molecular complexity index is 1100. The highest BCUT2D eigenvalue weighted by Gasteiger charge is 2.19. The molecule has 7 nitrogen and oxygen atoms in total. The monoisotopic (exact) mass is 407 g/mol. The molecule has 3 rings (SSSR count). The van der Waals surface area contributed by atoms with Gasteiger partial charge in [0, 0.05) is 12.6 Å². The lowest BCUT2D eigenvalue weighted by molar-refractivity contribution is -0.153. The lowest BCUT2D eigenvalue weighted by atomic mass is 10.2. The Morgan fingerprint density at radius 3 is 2.89 bits per heavy atom. The van der Waals surface area contributed by atoms with E-state index in [1.165, 1.54) is 29.2 Å². The van der Waals surface area contributed by atoms with Gasteiger partial charge in [-0.15, -0.1) is 11.3 Å². The number of rotatable bonds is 6. The number of ether oxygens (including phenoxy) is 1. The third-order valence-electron chi connectivity index (χ3n) is 3.87. The van der Waals surface area contributed by atoms with Crippen molar-refractivity contribution in [3.8, 4) is 0 Å². The zero-order valence-corrected chi connectivity index (χ0v) is 15.5. The number of nitrogens with one attached hydrogen (secondary N) is 1. The van der Waals surface area contributed by atoms with Crippen LogP contribution in [0.5, 0.6) is 0 Å². The van der Waals surface area contributed by atoms with Crippen LogP contribution in [0, 0.1) is 11.6 Å². The van der Waals surface area contributed by atoms with E-state index in [4.69, 9.17) is 4.74 Å². The summed E-state index contributed by atoms with van der Waals surface area (Å²) in [6.45, 7) is 1.33. The molecule has 0 fully saturated rings. The Morgan fingerprint density at radius 2 is 2.11 bits per heavy atom. The first-order chi connectivity index (χ1) is 13.3. The molecule has 0 radical (unpaired) electrons. The number of fused-ring (bicyclic) bond motifs is 1. The molecule has 28 heavy (non-hydrogen) atoms. The maximum absolute atomic E-state index is 13.6. The van der Waals surface area contributed by atoms with Crippen LogP contribution in [0.25, 0.3) is 10.2 Å². The average molecular weight is 407 g/mol.